The highest BCUT2D eigenvalue weighted by Gasteiger charge is 2.29. The minimum Gasteiger partial charge on any atom is -0.342 e. The van der Waals surface area contributed by atoms with Crippen LogP contribution in [0.25, 0.3) is 11.0 Å². The van der Waals surface area contributed by atoms with Crippen molar-refractivity contribution in [2.45, 2.75) is 38.0 Å². The molecule has 0 radical (unpaired) electrons. The van der Waals surface area contributed by atoms with Gasteiger partial charge in [0.2, 0.25) is 5.95 Å². The summed E-state index contributed by atoms with van der Waals surface area (Å²) in [6.45, 7) is 1.79. The van der Waals surface area contributed by atoms with Crippen molar-refractivity contribution in [2.75, 3.05) is 18.0 Å². The number of nitrogens with one attached hydrogen (secondary N) is 1. The Balaban J connectivity index is 1.61. The van der Waals surface area contributed by atoms with Crippen LogP contribution < -0.4 is 10.5 Å². The van der Waals surface area contributed by atoms with Gasteiger partial charge in [0.25, 0.3) is 5.56 Å². The third-order valence-corrected chi connectivity index (χ3v) is 5.94. The SMILES string of the molecule is O=C1CC(c2ccccc2)Cc2c1cnc1nc(N3CCCCC3)[nH]c(=O)c21. The zero-order chi connectivity index (χ0) is 19.1. The Morgan fingerprint density at radius 3 is 2.57 bits per heavy atom. The van der Waals surface area contributed by atoms with Gasteiger partial charge in [-0.3, -0.25) is 14.6 Å². The standard InChI is InChI=1S/C22H22N4O2/c27-18-12-15(14-7-3-1-4-8-14)11-16-17(18)13-23-20-19(16)21(28)25-22(24-20)26-9-5-2-6-10-26/h1,3-4,7-8,13,15H,2,5-6,9-12H2,(H,23,24,25,28). The summed E-state index contributed by atoms with van der Waals surface area (Å²) in [6, 6.07) is 10.0. The number of Topliss-reactive ketones (excluding diaryl/α,β-unsaturated/α-hetero) is 1. The molecule has 142 valence electrons. The average Bonchev–Trinajstić information content (AvgIpc) is 2.74. The van der Waals surface area contributed by atoms with Crippen molar-refractivity contribution in [1.82, 2.24) is 15.0 Å². The van der Waals surface area contributed by atoms with Crippen molar-refractivity contribution in [3.05, 3.63) is 63.6 Å². The Morgan fingerprint density at radius 1 is 1.00 bits per heavy atom. The van der Waals surface area contributed by atoms with E-state index < -0.39 is 0 Å². The number of nitrogens with zero attached hydrogens (tertiary/aromatic N) is 3. The third-order valence-electron chi connectivity index (χ3n) is 5.94. The number of hydrogen-bond donors (Lipinski definition) is 1. The summed E-state index contributed by atoms with van der Waals surface area (Å²) in [6.07, 6.45) is 6.12. The van der Waals surface area contributed by atoms with Gasteiger partial charge in [0.05, 0.1) is 5.39 Å². The molecular weight excluding hydrogens is 352 g/mol. The van der Waals surface area contributed by atoms with Crippen LogP contribution >= 0.6 is 0 Å². The van der Waals surface area contributed by atoms with E-state index in [2.05, 4.69) is 19.9 Å². The molecule has 1 aliphatic carbocycles. The minimum absolute atomic E-state index is 0.0454. The first-order valence-electron chi connectivity index (χ1n) is 9.95. The van der Waals surface area contributed by atoms with Crippen LogP contribution in [0.2, 0.25) is 0 Å². The molecule has 0 amide bonds. The maximum absolute atomic E-state index is 13.0. The second-order valence-electron chi connectivity index (χ2n) is 7.73. The number of pyridine rings is 1. The normalized spacial score (nSPS) is 19.6. The molecule has 3 aromatic rings. The lowest BCUT2D eigenvalue weighted by Crippen LogP contribution is -2.33. The Morgan fingerprint density at radius 2 is 1.79 bits per heavy atom. The number of aromatic amines is 1. The summed E-state index contributed by atoms with van der Waals surface area (Å²) in [5.41, 5.74) is 2.72. The predicted molar refractivity (Wildman–Crippen MR) is 108 cm³/mol. The summed E-state index contributed by atoms with van der Waals surface area (Å²) >= 11 is 0. The van der Waals surface area contributed by atoms with Crippen molar-refractivity contribution in [2.24, 2.45) is 0 Å². The molecule has 1 fully saturated rings. The molecular formula is C22H22N4O2. The van der Waals surface area contributed by atoms with Crippen LogP contribution in [0.3, 0.4) is 0 Å². The number of carbonyl (C=O) groups excluding carboxylic acids is 1. The van der Waals surface area contributed by atoms with Crippen molar-refractivity contribution >= 4 is 22.8 Å². The number of piperidine rings is 1. The summed E-state index contributed by atoms with van der Waals surface area (Å²) in [5, 5.41) is 0.465. The average molecular weight is 374 g/mol. The molecule has 3 heterocycles. The van der Waals surface area contributed by atoms with E-state index >= 15 is 0 Å². The number of anilines is 1. The predicted octanol–water partition coefficient (Wildman–Crippen LogP) is 3.22. The van der Waals surface area contributed by atoms with Gasteiger partial charge in [-0.25, -0.2) is 4.98 Å². The van der Waals surface area contributed by atoms with Gasteiger partial charge in [-0.1, -0.05) is 30.3 Å². The van der Waals surface area contributed by atoms with Gasteiger partial charge in [-0.05, 0) is 42.7 Å². The molecule has 6 nitrogen and oxygen atoms in total. The van der Waals surface area contributed by atoms with Gasteiger partial charge in [0.1, 0.15) is 0 Å². The molecule has 0 saturated carbocycles. The molecule has 0 bridgehead atoms. The fourth-order valence-electron chi connectivity index (χ4n) is 4.47. The highest BCUT2D eigenvalue weighted by atomic mass is 16.1. The Bertz CT molecular complexity index is 1100. The van der Waals surface area contributed by atoms with Crippen LogP contribution in [0.4, 0.5) is 5.95 Å². The molecule has 2 aromatic heterocycles. The van der Waals surface area contributed by atoms with Gasteiger partial charge in [-0.15, -0.1) is 0 Å². The number of benzene rings is 1. The number of fused-ring (bicyclic) bond motifs is 3. The third kappa shape index (κ3) is 2.89. The van der Waals surface area contributed by atoms with Gasteiger partial charge in [0, 0.05) is 31.3 Å². The van der Waals surface area contributed by atoms with Crippen molar-refractivity contribution in [1.29, 1.82) is 0 Å². The summed E-state index contributed by atoms with van der Waals surface area (Å²) in [5.74, 6) is 0.711. The Kier molecular flexibility index (Phi) is 4.19. The number of hydrogen-bond acceptors (Lipinski definition) is 5. The van der Waals surface area contributed by atoms with E-state index in [1.54, 1.807) is 6.20 Å². The zero-order valence-electron chi connectivity index (χ0n) is 15.6. The van der Waals surface area contributed by atoms with Crippen LogP contribution in [-0.2, 0) is 6.42 Å². The number of ketones is 1. The topological polar surface area (TPSA) is 79.0 Å². The van der Waals surface area contributed by atoms with E-state index in [9.17, 15) is 9.59 Å². The molecule has 28 heavy (non-hydrogen) atoms. The van der Waals surface area contributed by atoms with Crippen molar-refractivity contribution in [3.8, 4) is 0 Å². The monoisotopic (exact) mass is 374 g/mol. The van der Waals surface area contributed by atoms with Crippen molar-refractivity contribution < 1.29 is 4.79 Å². The zero-order valence-corrected chi connectivity index (χ0v) is 15.6. The molecule has 1 N–H and O–H groups in total. The van der Waals surface area contributed by atoms with Gasteiger partial charge in [0.15, 0.2) is 11.4 Å². The smallest absolute Gasteiger partial charge is 0.262 e. The molecule has 1 saturated heterocycles. The van der Waals surface area contributed by atoms with E-state index in [0.29, 0.717) is 35.4 Å². The summed E-state index contributed by atoms with van der Waals surface area (Å²) in [4.78, 5) is 39.8. The largest absolute Gasteiger partial charge is 0.342 e. The lowest BCUT2D eigenvalue weighted by atomic mass is 9.79. The maximum Gasteiger partial charge on any atom is 0.262 e. The molecule has 6 heteroatoms. The molecule has 1 atom stereocenters. The first-order valence-corrected chi connectivity index (χ1v) is 9.95. The lowest BCUT2D eigenvalue weighted by Gasteiger charge is -2.27. The van der Waals surface area contributed by atoms with Gasteiger partial charge >= 0.3 is 0 Å². The lowest BCUT2D eigenvalue weighted by molar-refractivity contribution is 0.0964. The van der Waals surface area contributed by atoms with E-state index in [1.165, 1.54) is 6.42 Å². The van der Waals surface area contributed by atoms with Crippen LogP contribution in [0.1, 0.15) is 53.1 Å². The number of rotatable bonds is 2. The highest BCUT2D eigenvalue weighted by Crippen LogP contribution is 2.34. The molecule has 1 aromatic carbocycles. The molecule has 5 rings (SSSR count). The van der Waals surface area contributed by atoms with Gasteiger partial charge < -0.3 is 4.90 Å². The molecule has 1 unspecified atom stereocenters. The highest BCUT2D eigenvalue weighted by molar-refractivity contribution is 6.02. The summed E-state index contributed by atoms with van der Waals surface area (Å²) < 4.78 is 0. The molecule has 0 spiro atoms. The summed E-state index contributed by atoms with van der Waals surface area (Å²) in [7, 11) is 0. The fourth-order valence-corrected chi connectivity index (χ4v) is 4.47. The second-order valence-corrected chi connectivity index (χ2v) is 7.73. The van der Waals surface area contributed by atoms with E-state index in [0.717, 1.165) is 37.1 Å². The van der Waals surface area contributed by atoms with Crippen LogP contribution in [-0.4, -0.2) is 33.8 Å². The first-order chi connectivity index (χ1) is 13.7. The van der Waals surface area contributed by atoms with Crippen LogP contribution in [0, 0.1) is 0 Å². The quantitative estimate of drug-likeness (QED) is 0.745. The molecule has 2 aliphatic rings. The second kappa shape index (κ2) is 6.86. The van der Waals surface area contributed by atoms with E-state index in [-0.39, 0.29) is 17.3 Å². The van der Waals surface area contributed by atoms with E-state index in [1.807, 2.05) is 30.3 Å². The number of carbonyl (C=O) groups is 1. The van der Waals surface area contributed by atoms with Crippen LogP contribution in [0.5, 0.6) is 0 Å². The minimum atomic E-state index is -0.198. The van der Waals surface area contributed by atoms with Crippen molar-refractivity contribution in [3.63, 3.8) is 0 Å². The molecule has 1 aliphatic heterocycles. The number of H-pyrrole nitrogens is 1. The fraction of sp³-hybridized carbons (Fsp3) is 0.364. The van der Waals surface area contributed by atoms with Gasteiger partial charge in [-0.2, -0.15) is 4.98 Å². The Labute approximate surface area is 162 Å². The maximum atomic E-state index is 13.0. The Hall–Kier alpha value is -3.02. The first kappa shape index (κ1) is 17.1. The van der Waals surface area contributed by atoms with Crippen LogP contribution in [0.15, 0.2) is 41.3 Å². The number of aromatic nitrogens is 3. The van der Waals surface area contributed by atoms with E-state index in [4.69, 9.17) is 0 Å².